The van der Waals surface area contributed by atoms with E-state index in [2.05, 4.69) is 25.3 Å². The van der Waals surface area contributed by atoms with Crippen LogP contribution in [0.25, 0.3) is 22.1 Å². The Labute approximate surface area is 261 Å². The molecule has 2 aliphatic heterocycles. The number of aromatic amines is 2. The molecule has 0 spiro atoms. The number of H-pyrrole nitrogens is 2. The molecule has 3 aliphatic rings. The van der Waals surface area contributed by atoms with Crippen LogP contribution in [-0.2, 0) is 16.0 Å². The molecule has 1 atom stereocenters. The van der Waals surface area contributed by atoms with Gasteiger partial charge in [-0.3, -0.25) is 19.4 Å². The largest absolute Gasteiger partial charge is 0.436 e. The van der Waals surface area contributed by atoms with Crippen molar-refractivity contribution in [2.45, 2.75) is 76.5 Å². The van der Waals surface area contributed by atoms with Crippen molar-refractivity contribution in [3.8, 4) is 0 Å². The van der Waals surface area contributed by atoms with Crippen LogP contribution < -0.4 is 5.69 Å². The maximum absolute atomic E-state index is 14.0. The van der Waals surface area contributed by atoms with Gasteiger partial charge >= 0.3 is 11.8 Å². The number of aryl methyl sites for hydroxylation is 1. The molecule has 2 amide bonds. The fraction of sp³-hybridized carbons (Fsp3) is 0.545. The number of hydrogen-bond donors (Lipinski definition) is 2. The van der Waals surface area contributed by atoms with Crippen molar-refractivity contribution in [1.82, 2.24) is 39.7 Å². The van der Waals surface area contributed by atoms with Gasteiger partial charge in [0.25, 0.3) is 5.91 Å². The number of imidazole rings is 1. The summed E-state index contributed by atoms with van der Waals surface area (Å²) in [6, 6.07) is 12.2. The van der Waals surface area contributed by atoms with E-state index in [1.807, 2.05) is 48.2 Å². The van der Waals surface area contributed by atoms with E-state index in [1.54, 1.807) is 9.47 Å². The van der Waals surface area contributed by atoms with Gasteiger partial charge in [-0.15, -0.1) is 5.10 Å². The fourth-order valence-corrected chi connectivity index (χ4v) is 7.60. The molecule has 7 rings (SSSR count). The average molecular weight is 615 g/mol. The Morgan fingerprint density at radius 2 is 1.69 bits per heavy atom. The fourth-order valence-electron chi connectivity index (χ4n) is 7.60. The molecule has 3 fully saturated rings. The highest BCUT2D eigenvalue weighted by atomic mass is 16.6. The molecule has 4 heterocycles. The van der Waals surface area contributed by atoms with Gasteiger partial charge in [0.2, 0.25) is 0 Å². The summed E-state index contributed by atoms with van der Waals surface area (Å²) in [4.78, 5) is 49.3. The minimum Gasteiger partial charge on any atom is -0.436 e. The number of nitrogens with one attached hydrogen (secondary N) is 2. The van der Waals surface area contributed by atoms with E-state index in [-0.39, 0.29) is 24.1 Å². The zero-order valence-corrected chi connectivity index (χ0v) is 25.9. The number of rotatable bonds is 6. The molecular formula is C33H42N8O4. The molecule has 45 heavy (non-hydrogen) atoms. The molecule has 2 aromatic carbocycles. The zero-order valence-electron chi connectivity index (χ0n) is 25.9. The average Bonchev–Trinajstić information content (AvgIpc) is 3.68. The number of para-hydroxylation sites is 2. The predicted octanol–water partition coefficient (Wildman–Crippen LogP) is 3.77. The number of piperidine rings is 1. The quantitative estimate of drug-likeness (QED) is 0.338. The maximum atomic E-state index is 14.0. The molecule has 1 unspecified atom stereocenters. The number of fused-ring (bicyclic) bond motifs is 2. The third kappa shape index (κ3) is 6.07. The molecule has 12 nitrogen and oxygen atoms in total. The monoisotopic (exact) mass is 614 g/mol. The van der Waals surface area contributed by atoms with Crippen LogP contribution in [0, 0.1) is 6.92 Å². The normalized spacial score (nSPS) is 19.8. The lowest BCUT2D eigenvalue weighted by Gasteiger charge is -2.41. The van der Waals surface area contributed by atoms with E-state index in [9.17, 15) is 14.4 Å². The number of likely N-dealkylation sites (tertiary alicyclic amines) is 1. The van der Waals surface area contributed by atoms with Crippen molar-refractivity contribution >= 4 is 34.1 Å². The summed E-state index contributed by atoms with van der Waals surface area (Å²) in [5.74, 6) is -0.148. The van der Waals surface area contributed by atoms with Crippen LogP contribution >= 0.6 is 0 Å². The van der Waals surface area contributed by atoms with Gasteiger partial charge in [0.05, 0.1) is 16.6 Å². The molecule has 238 valence electrons. The molecule has 0 radical (unpaired) electrons. The van der Waals surface area contributed by atoms with Crippen molar-refractivity contribution in [1.29, 1.82) is 0 Å². The van der Waals surface area contributed by atoms with Gasteiger partial charge in [0, 0.05) is 57.8 Å². The zero-order chi connectivity index (χ0) is 30.9. The Bertz CT molecular complexity index is 1720. The minimum atomic E-state index is -0.948. The van der Waals surface area contributed by atoms with E-state index >= 15 is 0 Å². The first-order valence-corrected chi connectivity index (χ1v) is 16.4. The van der Waals surface area contributed by atoms with Crippen LogP contribution in [0.1, 0.15) is 62.1 Å². The van der Waals surface area contributed by atoms with Gasteiger partial charge in [-0.05, 0) is 61.9 Å². The summed E-state index contributed by atoms with van der Waals surface area (Å²) in [6.45, 7) is 5.83. The maximum Gasteiger partial charge on any atom is 0.410 e. The van der Waals surface area contributed by atoms with Crippen LogP contribution in [-0.4, -0.2) is 103 Å². The summed E-state index contributed by atoms with van der Waals surface area (Å²) in [5.41, 5.74) is 4.97. The molecule has 2 saturated heterocycles. The Balaban J connectivity index is 1.04. The Kier molecular flexibility index (Phi) is 8.31. The topological polar surface area (TPSA) is 132 Å². The highest BCUT2D eigenvalue weighted by molar-refractivity contribution is 5.85. The SMILES string of the molecule is Cc1cc(CC(OC(=O)N2CCC(n3c(=O)[nH]c4ccccc43)CC2)C(=O)N2CCN(C3CCCCC3)CC2)cc2nn[nH]c12. The van der Waals surface area contributed by atoms with E-state index in [1.165, 1.54) is 32.1 Å². The lowest BCUT2D eigenvalue weighted by molar-refractivity contribution is -0.143. The van der Waals surface area contributed by atoms with Crippen molar-refractivity contribution in [3.63, 3.8) is 0 Å². The number of nitrogens with zero attached hydrogens (tertiary/aromatic N) is 6. The number of hydrogen-bond acceptors (Lipinski definition) is 7. The molecular weight excluding hydrogens is 572 g/mol. The number of aromatic nitrogens is 5. The predicted molar refractivity (Wildman–Crippen MR) is 170 cm³/mol. The van der Waals surface area contributed by atoms with Crippen LogP contribution in [0.3, 0.4) is 0 Å². The van der Waals surface area contributed by atoms with Crippen molar-refractivity contribution in [2.75, 3.05) is 39.3 Å². The van der Waals surface area contributed by atoms with Crippen LogP contribution in [0.2, 0.25) is 0 Å². The Morgan fingerprint density at radius 1 is 0.933 bits per heavy atom. The summed E-state index contributed by atoms with van der Waals surface area (Å²) >= 11 is 0. The van der Waals surface area contributed by atoms with Gasteiger partial charge in [0.1, 0.15) is 5.52 Å². The lowest BCUT2D eigenvalue weighted by atomic mass is 9.94. The molecule has 1 saturated carbocycles. The molecule has 2 aromatic heterocycles. The summed E-state index contributed by atoms with van der Waals surface area (Å²) < 4.78 is 7.87. The first-order chi connectivity index (χ1) is 21.9. The third-order valence-electron chi connectivity index (χ3n) is 10.1. The highest BCUT2D eigenvalue weighted by Gasteiger charge is 2.35. The number of carbonyl (C=O) groups excluding carboxylic acids is 2. The van der Waals surface area contributed by atoms with E-state index in [4.69, 9.17) is 4.74 Å². The number of amides is 2. The van der Waals surface area contributed by atoms with Gasteiger partial charge in [0.15, 0.2) is 6.10 Å². The molecule has 0 bridgehead atoms. The van der Waals surface area contributed by atoms with Crippen molar-refractivity contribution in [3.05, 3.63) is 58.0 Å². The van der Waals surface area contributed by atoms with Gasteiger partial charge < -0.3 is 19.5 Å². The van der Waals surface area contributed by atoms with Crippen molar-refractivity contribution < 1.29 is 14.3 Å². The third-order valence-corrected chi connectivity index (χ3v) is 10.1. The second-order valence-electron chi connectivity index (χ2n) is 12.9. The van der Waals surface area contributed by atoms with Gasteiger partial charge in [-0.1, -0.05) is 42.7 Å². The molecule has 1 aliphatic carbocycles. The van der Waals surface area contributed by atoms with Crippen LogP contribution in [0.5, 0.6) is 0 Å². The standard InChI is InChI=1S/C33H42N8O4/c1-22-19-23(20-27-30(22)36-37-35-27)21-29(31(42)39-17-15-38(16-18-39)24-7-3-2-4-8-24)45-33(44)40-13-11-25(12-14-40)41-28-10-6-5-9-26(28)34-32(41)43/h5-6,9-10,19-20,24-25,29H,2-4,7-8,11-18,21H2,1H3,(H,34,43)(H,35,36,37). The molecule has 12 heteroatoms. The summed E-state index contributed by atoms with van der Waals surface area (Å²) in [7, 11) is 0. The van der Waals surface area contributed by atoms with Gasteiger partial charge in [-0.2, -0.15) is 0 Å². The lowest BCUT2D eigenvalue weighted by Crippen LogP contribution is -2.55. The first kappa shape index (κ1) is 29.5. The van der Waals surface area contributed by atoms with E-state index in [0.29, 0.717) is 45.1 Å². The number of carbonyl (C=O) groups is 2. The van der Waals surface area contributed by atoms with Crippen LogP contribution in [0.4, 0.5) is 4.79 Å². The van der Waals surface area contributed by atoms with Crippen molar-refractivity contribution in [2.24, 2.45) is 0 Å². The van der Waals surface area contributed by atoms with E-state index < -0.39 is 12.2 Å². The van der Waals surface area contributed by atoms with Crippen LogP contribution in [0.15, 0.2) is 41.2 Å². The Hall–Kier alpha value is -4.19. The Morgan fingerprint density at radius 3 is 2.47 bits per heavy atom. The molecule has 4 aromatic rings. The second-order valence-corrected chi connectivity index (χ2v) is 12.9. The number of ether oxygens (including phenoxy) is 1. The second kappa shape index (κ2) is 12.7. The number of benzene rings is 2. The smallest absolute Gasteiger partial charge is 0.410 e. The van der Waals surface area contributed by atoms with Gasteiger partial charge in [-0.25, -0.2) is 9.59 Å². The minimum absolute atomic E-state index is 0.0206. The number of piperazine rings is 1. The summed E-state index contributed by atoms with van der Waals surface area (Å²) in [5, 5.41) is 11.0. The highest BCUT2D eigenvalue weighted by Crippen LogP contribution is 2.27. The summed E-state index contributed by atoms with van der Waals surface area (Å²) in [6.07, 6.45) is 6.45. The first-order valence-electron chi connectivity index (χ1n) is 16.4. The molecule has 2 N–H and O–H groups in total. The van der Waals surface area contributed by atoms with E-state index in [0.717, 1.165) is 46.3 Å².